The van der Waals surface area contributed by atoms with E-state index in [4.69, 9.17) is 0 Å². The molecule has 116 valence electrons. The summed E-state index contributed by atoms with van der Waals surface area (Å²) in [7, 11) is 0. The Balaban J connectivity index is 1.57. The zero-order valence-electron chi connectivity index (χ0n) is 12.8. The van der Waals surface area contributed by atoms with Crippen molar-refractivity contribution in [2.75, 3.05) is 5.32 Å². The van der Waals surface area contributed by atoms with Gasteiger partial charge in [-0.1, -0.05) is 31.4 Å². The largest absolute Gasteiger partial charge is 0.335 e. The molecule has 0 spiro atoms. The number of nitrogens with one attached hydrogen (secondary N) is 2. The zero-order chi connectivity index (χ0) is 15.4. The van der Waals surface area contributed by atoms with Gasteiger partial charge in [0, 0.05) is 22.7 Å². The molecule has 3 rings (SSSR count). The van der Waals surface area contributed by atoms with Gasteiger partial charge in [0.25, 0.3) is 0 Å². The predicted molar refractivity (Wildman–Crippen MR) is 91.3 cm³/mol. The Kier molecular flexibility index (Phi) is 4.73. The van der Waals surface area contributed by atoms with E-state index >= 15 is 0 Å². The van der Waals surface area contributed by atoms with Gasteiger partial charge in [-0.25, -0.2) is 9.78 Å². The number of thiazole rings is 1. The lowest BCUT2D eigenvalue weighted by Crippen LogP contribution is -2.38. The summed E-state index contributed by atoms with van der Waals surface area (Å²) in [4.78, 5) is 16.5. The molecule has 4 nitrogen and oxygen atoms in total. The number of hydrogen-bond acceptors (Lipinski definition) is 3. The molecule has 0 saturated heterocycles. The summed E-state index contributed by atoms with van der Waals surface area (Å²) in [5.74, 6) is 0. The van der Waals surface area contributed by atoms with Gasteiger partial charge in [0.2, 0.25) is 0 Å². The van der Waals surface area contributed by atoms with E-state index in [2.05, 4.69) is 15.6 Å². The SMILES string of the molecule is Cc1nc(-c2ccc(NC(=O)NC3CCCCC3)cc2)cs1. The van der Waals surface area contributed by atoms with Gasteiger partial charge in [-0.2, -0.15) is 0 Å². The fraction of sp³-hybridized carbons (Fsp3) is 0.412. The van der Waals surface area contributed by atoms with E-state index in [1.807, 2.05) is 36.6 Å². The molecule has 1 aliphatic carbocycles. The third-order valence-electron chi connectivity index (χ3n) is 4.00. The van der Waals surface area contributed by atoms with E-state index in [9.17, 15) is 4.79 Å². The number of anilines is 1. The van der Waals surface area contributed by atoms with Crippen LogP contribution in [0.2, 0.25) is 0 Å². The molecule has 1 fully saturated rings. The van der Waals surface area contributed by atoms with Crippen LogP contribution in [0.1, 0.15) is 37.1 Å². The van der Waals surface area contributed by atoms with Crippen LogP contribution in [0.5, 0.6) is 0 Å². The van der Waals surface area contributed by atoms with Crippen molar-refractivity contribution in [2.24, 2.45) is 0 Å². The fourth-order valence-corrected chi connectivity index (χ4v) is 3.44. The Bertz CT molecular complexity index is 630. The Morgan fingerprint density at radius 2 is 1.91 bits per heavy atom. The molecule has 2 amide bonds. The van der Waals surface area contributed by atoms with Crippen molar-refractivity contribution in [1.29, 1.82) is 0 Å². The highest BCUT2D eigenvalue weighted by molar-refractivity contribution is 7.09. The number of benzene rings is 1. The van der Waals surface area contributed by atoms with Crippen LogP contribution in [0.4, 0.5) is 10.5 Å². The van der Waals surface area contributed by atoms with Crippen LogP contribution in [-0.2, 0) is 0 Å². The third kappa shape index (κ3) is 3.85. The van der Waals surface area contributed by atoms with Gasteiger partial charge in [0.1, 0.15) is 0 Å². The van der Waals surface area contributed by atoms with Gasteiger partial charge >= 0.3 is 6.03 Å². The summed E-state index contributed by atoms with van der Waals surface area (Å²) in [6.45, 7) is 2.00. The molecule has 0 aliphatic heterocycles. The number of aromatic nitrogens is 1. The summed E-state index contributed by atoms with van der Waals surface area (Å²) in [5.41, 5.74) is 2.87. The number of urea groups is 1. The zero-order valence-corrected chi connectivity index (χ0v) is 13.6. The van der Waals surface area contributed by atoms with Crippen LogP contribution in [-0.4, -0.2) is 17.1 Å². The lowest BCUT2D eigenvalue weighted by atomic mass is 9.96. The van der Waals surface area contributed by atoms with Crippen molar-refractivity contribution >= 4 is 23.1 Å². The van der Waals surface area contributed by atoms with Crippen molar-refractivity contribution in [3.63, 3.8) is 0 Å². The first-order valence-electron chi connectivity index (χ1n) is 7.81. The van der Waals surface area contributed by atoms with Crippen molar-refractivity contribution in [1.82, 2.24) is 10.3 Å². The Morgan fingerprint density at radius 1 is 1.18 bits per heavy atom. The van der Waals surface area contributed by atoms with Crippen LogP contribution in [0.15, 0.2) is 29.6 Å². The van der Waals surface area contributed by atoms with Crippen LogP contribution in [0.25, 0.3) is 11.3 Å². The minimum atomic E-state index is -0.107. The molecule has 22 heavy (non-hydrogen) atoms. The molecule has 1 aromatic carbocycles. The third-order valence-corrected chi connectivity index (χ3v) is 4.77. The summed E-state index contributed by atoms with van der Waals surface area (Å²) >= 11 is 1.64. The van der Waals surface area contributed by atoms with E-state index in [0.29, 0.717) is 6.04 Å². The van der Waals surface area contributed by atoms with Gasteiger partial charge in [-0.05, 0) is 31.9 Å². The summed E-state index contributed by atoms with van der Waals surface area (Å²) < 4.78 is 0. The molecule has 2 aromatic rings. The number of carbonyl (C=O) groups excluding carboxylic acids is 1. The number of carbonyl (C=O) groups is 1. The maximum Gasteiger partial charge on any atom is 0.319 e. The smallest absolute Gasteiger partial charge is 0.319 e. The molecule has 0 atom stereocenters. The van der Waals surface area contributed by atoms with E-state index in [-0.39, 0.29) is 6.03 Å². The van der Waals surface area contributed by atoms with Gasteiger partial charge < -0.3 is 10.6 Å². The van der Waals surface area contributed by atoms with E-state index in [1.54, 1.807) is 11.3 Å². The number of aryl methyl sites for hydroxylation is 1. The quantitative estimate of drug-likeness (QED) is 0.871. The van der Waals surface area contributed by atoms with Crippen LogP contribution < -0.4 is 10.6 Å². The molecule has 0 bridgehead atoms. The first kappa shape index (κ1) is 15.0. The van der Waals surface area contributed by atoms with Gasteiger partial charge in [-0.15, -0.1) is 11.3 Å². The molecular weight excluding hydrogens is 294 g/mol. The van der Waals surface area contributed by atoms with E-state index in [0.717, 1.165) is 34.8 Å². The standard InChI is InChI=1S/C17H21N3OS/c1-12-18-16(11-22-12)13-7-9-15(10-8-13)20-17(21)19-14-5-3-2-4-6-14/h7-11,14H,2-6H2,1H3,(H2,19,20,21). The molecule has 0 unspecified atom stereocenters. The number of hydrogen-bond donors (Lipinski definition) is 2. The van der Waals surface area contributed by atoms with Crippen LogP contribution in [0, 0.1) is 6.92 Å². The van der Waals surface area contributed by atoms with Crippen molar-refractivity contribution in [3.05, 3.63) is 34.7 Å². The second kappa shape index (κ2) is 6.92. The van der Waals surface area contributed by atoms with Gasteiger partial charge in [-0.3, -0.25) is 0 Å². The van der Waals surface area contributed by atoms with Crippen molar-refractivity contribution in [3.8, 4) is 11.3 Å². The molecule has 2 N–H and O–H groups in total. The van der Waals surface area contributed by atoms with Gasteiger partial charge in [0.05, 0.1) is 10.7 Å². The van der Waals surface area contributed by atoms with E-state index < -0.39 is 0 Å². The number of amides is 2. The molecular formula is C17H21N3OS. The minimum absolute atomic E-state index is 0.107. The highest BCUT2D eigenvalue weighted by atomic mass is 32.1. The molecule has 1 aromatic heterocycles. The summed E-state index contributed by atoms with van der Waals surface area (Å²) in [5, 5.41) is 9.07. The van der Waals surface area contributed by atoms with Crippen LogP contribution >= 0.6 is 11.3 Å². The van der Waals surface area contributed by atoms with Gasteiger partial charge in [0.15, 0.2) is 0 Å². The topological polar surface area (TPSA) is 54.0 Å². The Hall–Kier alpha value is -1.88. The first-order chi connectivity index (χ1) is 10.7. The van der Waals surface area contributed by atoms with Crippen LogP contribution in [0.3, 0.4) is 0 Å². The highest BCUT2D eigenvalue weighted by Crippen LogP contribution is 2.23. The summed E-state index contributed by atoms with van der Waals surface area (Å²) in [6, 6.07) is 8.04. The average molecular weight is 315 g/mol. The normalized spacial score (nSPS) is 15.5. The lowest BCUT2D eigenvalue weighted by molar-refractivity contribution is 0.244. The fourth-order valence-electron chi connectivity index (χ4n) is 2.82. The second-order valence-corrected chi connectivity index (χ2v) is 6.82. The van der Waals surface area contributed by atoms with Crippen molar-refractivity contribution < 1.29 is 4.79 Å². The minimum Gasteiger partial charge on any atom is -0.335 e. The first-order valence-corrected chi connectivity index (χ1v) is 8.69. The number of nitrogens with zero attached hydrogens (tertiary/aromatic N) is 1. The Labute approximate surface area is 135 Å². The maximum absolute atomic E-state index is 12.0. The van der Waals surface area contributed by atoms with E-state index in [1.165, 1.54) is 19.3 Å². The van der Waals surface area contributed by atoms with Crippen molar-refractivity contribution in [2.45, 2.75) is 45.1 Å². The average Bonchev–Trinajstić information content (AvgIpc) is 2.95. The molecule has 5 heteroatoms. The predicted octanol–water partition coefficient (Wildman–Crippen LogP) is 4.57. The monoisotopic (exact) mass is 315 g/mol. The molecule has 1 heterocycles. The summed E-state index contributed by atoms with van der Waals surface area (Å²) in [6.07, 6.45) is 5.90. The lowest BCUT2D eigenvalue weighted by Gasteiger charge is -2.22. The second-order valence-electron chi connectivity index (χ2n) is 5.76. The molecule has 1 aliphatic rings. The molecule has 1 saturated carbocycles. The highest BCUT2D eigenvalue weighted by Gasteiger charge is 2.15. The number of rotatable bonds is 3. The maximum atomic E-state index is 12.0. The Morgan fingerprint density at radius 3 is 2.55 bits per heavy atom. The molecule has 0 radical (unpaired) electrons.